The number of rotatable bonds is 0. The molecule has 0 aromatic heterocycles. The number of fused-ring (bicyclic) bond motifs is 1. The summed E-state index contributed by atoms with van der Waals surface area (Å²) < 4.78 is 0. The lowest BCUT2D eigenvalue weighted by Crippen LogP contribution is -2.41. The minimum atomic E-state index is 0.510. The average Bonchev–Trinajstić information content (AvgIpc) is 2.63. The maximum absolute atomic E-state index is 2.60. The van der Waals surface area contributed by atoms with E-state index in [9.17, 15) is 0 Å². The van der Waals surface area contributed by atoms with Crippen LogP contribution in [0.15, 0.2) is 11.6 Å². The topological polar surface area (TPSA) is 0 Å². The molecule has 0 nitrogen and oxygen atoms in total. The quantitative estimate of drug-likeness (QED) is 0.507. The highest BCUT2D eigenvalue weighted by molar-refractivity contribution is 5.36. The van der Waals surface area contributed by atoms with Crippen LogP contribution in [-0.2, 0) is 0 Å². The molecular formula is C15H24. The molecule has 15 heavy (non-hydrogen) atoms. The van der Waals surface area contributed by atoms with Gasteiger partial charge in [-0.25, -0.2) is 0 Å². The van der Waals surface area contributed by atoms with E-state index in [-0.39, 0.29) is 0 Å². The molecule has 1 spiro atoms. The van der Waals surface area contributed by atoms with Crippen molar-refractivity contribution in [2.45, 2.75) is 59.8 Å². The Morgan fingerprint density at radius 3 is 2.53 bits per heavy atom. The summed E-state index contributed by atoms with van der Waals surface area (Å²) >= 11 is 0. The second-order valence-corrected chi connectivity index (χ2v) is 7.28. The van der Waals surface area contributed by atoms with Crippen molar-refractivity contribution in [2.75, 3.05) is 0 Å². The third kappa shape index (κ3) is 0.946. The Balaban J connectivity index is 2.17. The molecule has 2 fully saturated rings. The van der Waals surface area contributed by atoms with Crippen molar-refractivity contribution in [3.63, 3.8) is 0 Å². The molecule has 0 heteroatoms. The fourth-order valence-electron chi connectivity index (χ4n) is 5.00. The van der Waals surface area contributed by atoms with Gasteiger partial charge in [-0.15, -0.1) is 0 Å². The fraction of sp³-hybridized carbons (Fsp3) is 0.867. The molecule has 0 aromatic carbocycles. The first-order chi connectivity index (χ1) is 6.90. The Labute approximate surface area is 94.1 Å². The largest absolute Gasteiger partial charge is 0.0842 e. The van der Waals surface area contributed by atoms with Crippen LogP contribution in [0.25, 0.3) is 0 Å². The van der Waals surface area contributed by atoms with Crippen LogP contribution in [0.3, 0.4) is 0 Å². The molecule has 3 aliphatic rings. The van der Waals surface area contributed by atoms with Gasteiger partial charge in [-0.1, -0.05) is 39.3 Å². The molecule has 2 bridgehead atoms. The van der Waals surface area contributed by atoms with Crippen LogP contribution in [0.5, 0.6) is 0 Å². The van der Waals surface area contributed by atoms with E-state index in [1.807, 2.05) is 5.57 Å². The van der Waals surface area contributed by atoms with Crippen LogP contribution >= 0.6 is 0 Å². The molecule has 0 radical (unpaired) electrons. The molecule has 3 aliphatic carbocycles. The van der Waals surface area contributed by atoms with Crippen molar-refractivity contribution < 1.29 is 0 Å². The average molecular weight is 204 g/mol. The molecule has 2 saturated carbocycles. The van der Waals surface area contributed by atoms with Gasteiger partial charge in [-0.2, -0.15) is 0 Å². The third-order valence-electron chi connectivity index (χ3n) is 6.16. The van der Waals surface area contributed by atoms with E-state index in [0.717, 1.165) is 5.92 Å². The van der Waals surface area contributed by atoms with Crippen LogP contribution in [0.4, 0.5) is 0 Å². The van der Waals surface area contributed by atoms with E-state index < -0.39 is 0 Å². The zero-order valence-electron chi connectivity index (χ0n) is 10.7. The van der Waals surface area contributed by atoms with Crippen molar-refractivity contribution >= 4 is 0 Å². The van der Waals surface area contributed by atoms with E-state index >= 15 is 0 Å². The van der Waals surface area contributed by atoms with Gasteiger partial charge in [-0.05, 0) is 54.3 Å². The molecule has 0 amide bonds. The molecule has 3 rings (SSSR count). The lowest BCUT2D eigenvalue weighted by Gasteiger charge is -2.51. The summed E-state index contributed by atoms with van der Waals surface area (Å²) in [6.45, 7) is 10.0. The summed E-state index contributed by atoms with van der Waals surface area (Å²) in [5.74, 6) is 0.973. The summed E-state index contributed by atoms with van der Waals surface area (Å²) in [4.78, 5) is 0. The first kappa shape index (κ1) is 9.93. The zero-order valence-corrected chi connectivity index (χ0v) is 10.7. The van der Waals surface area contributed by atoms with E-state index in [1.54, 1.807) is 0 Å². The maximum atomic E-state index is 2.60. The molecule has 0 unspecified atom stereocenters. The monoisotopic (exact) mass is 204 g/mol. The summed E-state index contributed by atoms with van der Waals surface area (Å²) in [6, 6.07) is 0. The summed E-state index contributed by atoms with van der Waals surface area (Å²) in [5, 5.41) is 0. The van der Waals surface area contributed by atoms with Gasteiger partial charge in [0.2, 0.25) is 0 Å². The Hall–Kier alpha value is -0.260. The van der Waals surface area contributed by atoms with Gasteiger partial charge in [0.1, 0.15) is 0 Å². The van der Waals surface area contributed by atoms with E-state index in [0.29, 0.717) is 16.2 Å². The minimum Gasteiger partial charge on any atom is -0.0842 e. The predicted molar refractivity (Wildman–Crippen MR) is 64.7 cm³/mol. The highest BCUT2D eigenvalue weighted by Gasteiger charge is 2.63. The molecular weight excluding hydrogens is 180 g/mol. The van der Waals surface area contributed by atoms with Crippen LogP contribution in [0.2, 0.25) is 0 Å². The second-order valence-electron chi connectivity index (χ2n) is 7.28. The lowest BCUT2D eigenvalue weighted by atomic mass is 9.54. The van der Waals surface area contributed by atoms with E-state index in [4.69, 9.17) is 0 Å². The van der Waals surface area contributed by atoms with E-state index in [2.05, 4.69) is 33.8 Å². The lowest BCUT2D eigenvalue weighted by molar-refractivity contribution is 0.0901. The Kier molecular flexibility index (Phi) is 1.67. The molecule has 0 heterocycles. The molecule has 0 aliphatic heterocycles. The molecule has 2 atom stereocenters. The van der Waals surface area contributed by atoms with Gasteiger partial charge in [0.05, 0.1) is 0 Å². The van der Waals surface area contributed by atoms with Crippen molar-refractivity contribution in [1.82, 2.24) is 0 Å². The molecule has 84 valence electrons. The normalized spacial score (nSPS) is 45.1. The number of hydrogen-bond donors (Lipinski definition) is 0. The smallest absolute Gasteiger partial charge is 0.00284 e. The van der Waals surface area contributed by atoms with Crippen LogP contribution in [-0.4, -0.2) is 0 Å². The van der Waals surface area contributed by atoms with Gasteiger partial charge in [0.15, 0.2) is 0 Å². The second kappa shape index (κ2) is 2.52. The van der Waals surface area contributed by atoms with Crippen molar-refractivity contribution in [3.8, 4) is 0 Å². The van der Waals surface area contributed by atoms with Crippen molar-refractivity contribution in [2.24, 2.45) is 22.2 Å². The van der Waals surface area contributed by atoms with Gasteiger partial charge >= 0.3 is 0 Å². The third-order valence-corrected chi connectivity index (χ3v) is 6.16. The SMILES string of the molecule is CC1(C)C2=CCCC(C)(C)[C@@]23CC[C@@H]1C3. The molecule has 0 saturated heterocycles. The number of allylic oxidation sites excluding steroid dienone is 2. The minimum absolute atomic E-state index is 0.510. The summed E-state index contributed by atoms with van der Waals surface area (Å²) in [5.41, 5.74) is 3.50. The first-order valence-electron chi connectivity index (χ1n) is 6.61. The molecule has 0 N–H and O–H groups in total. The highest BCUT2D eigenvalue weighted by atomic mass is 14.7. The first-order valence-corrected chi connectivity index (χ1v) is 6.61. The summed E-state index contributed by atoms with van der Waals surface area (Å²) in [7, 11) is 0. The van der Waals surface area contributed by atoms with Crippen LogP contribution in [0.1, 0.15) is 59.8 Å². The van der Waals surface area contributed by atoms with Crippen LogP contribution in [0, 0.1) is 22.2 Å². The fourth-order valence-corrected chi connectivity index (χ4v) is 5.00. The zero-order chi connectivity index (χ0) is 10.9. The number of hydrogen-bond acceptors (Lipinski definition) is 0. The standard InChI is InChI=1S/C15H24/c1-13(2)8-5-6-12-14(3,4)11-7-9-15(12,13)10-11/h6,11H,5,7-10H2,1-4H3/t11-,15-/m1/s1. The van der Waals surface area contributed by atoms with Gasteiger partial charge in [0.25, 0.3) is 0 Å². The maximum Gasteiger partial charge on any atom is -0.00284 e. The summed E-state index contributed by atoms with van der Waals surface area (Å²) in [6.07, 6.45) is 9.76. The van der Waals surface area contributed by atoms with Crippen molar-refractivity contribution in [1.29, 1.82) is 0 Å². The Morgan fingerprint density at radius 1 is 1.13 bits per heavy atom. The van der Waals surface area contributed by atoms with Crippen molar-refractivity contribution in [3.05, 3.63) is 11.6 Å². The Bertz CT molecular complexity index is 332. The van der Waals surface area contributed by atoms with Crippen LogP contribution < -0.4 is 0 Å². The van der Waals surface area contributed by atoms with Gasteiger partial charge in [0, 0.05) is 0 Å². The Morgan fingerprint density at radius 2 is 1.87 bits per heavy atom. The van der Waals surface area contributed by atoms with E-state index in [1.165, 1.54) is 32.1 Å². The highest BCUT2D eigenvalue weighted by Crippen LogP contribution is 2.73. The molecule has 0 aromatic rings. The van der Waals surface area contributed by atoms with Gasteiger partial charge < -0.3 is 0 Å². The predicted octanol–water partition coefficient (Wildman–Crippen LogP) is 4.56. The van der Waals surface area contributed by atoms with Gasteiger partial charge in [-0.3, -0.25) is 0 Å².